The smallest absolute Gasteiger partial charge is 0.150 e. The fourth-order valence-electron chi connectivity index (χ4n) is 0.674. The maximum absolute atomic E-state index is 4.92. The summed E-state index contributed by atoms with van der Waals surface area (Å²) in [7, 11) is 1.59. The van der Waals surface area contributed by atoms with Gasteiger partial charge in [-0.15, -0.1) is 12.4 Å². The Morgan fingerprint density at radius 2 is 1.91 bits per heavy atom. The zero-order chi connectivity index (χ0) is 7.40. The van der Waals surface area contributed by atoms with Crippen molar-refractivity contribution in [3.05, 3.63) is 24.3 Å². The van der Waals surface area contributed by atoms with Crippen molar-refractivity contribution in [1.29, 1.82) is 0 Å². The number of nitrogens with two attached hydrogens (primary N) is 1. The number of benzene rings is 1. The monoisotopic (exact) mass is 175 g/mol. The van der Waals surface area contributed by atoms with E-state index in [0.29, 0.717) is 5.75 Å². The minimum atomic E-state index is 0. The lowest BCUT2D eigenvalue weighted by molar-refractivity contribution is 0.330. The molecular weight excluding hydrogens is 166 g/mol. The van der Waals surface area contributed by atoms with Gasteiger partial charge in [-0.2, -0.15) is 5.90 Å². The Kier molecular flexibility index (Phi) is 4.41. The second-order valence-corrected chi connectivity index (χ2v) is 1.80. The summed E-state index contributed by atoms with van der Waals surface area (Å²) in [6, 6.07) is 7.09. The van der Waals surface area contributed by atoms with Gasteiger partial charge in [-0.05, 0) is 12.1 Å². The van der Waals surface area contributed by atoms with Gasteiger partial charge in [0, 0.05) is 6.07 Å². The Morgan fingerprint density at radius 1 is 1.27 bits per heavy atom. The Bertz CT molecular complexity index is 198. The summed E-state index contributed by atoms with van der Waals surface area (Å²) in [5, 5.41) is 0. The highest BCUT2D eigenvalue weighted by Gasteiger charge is 1.92. The molecule has 3 nitrogen and oxygen atoms in total. The van der Waals surface area contributed by atoms with Crippen LogP contribution >= 0.6 is 12.4 Å². The van der Waals surface area contributed by atoms with Crippen molar-refractivity contribution < 1.29 is 9.57 Å². The Balaban J connectivity index is 0.000001000. The van der Waals surface area contributed by atoms with Crippen molar-refractivity contribution in [2.75, 3.05) is 7.11 Å². The summed E-state index contributed by atoms with van der Waals surface area (Å²) >= 11 is 0. The Morgan fingerprint density at radius 3 is 2.45 bits per heavy atom. The first kappa shape index (κ1) is 10.1. The van der Waals surface area contributed by atoms with E-state index in [0.717, 1.165) is 5.75 Å². The van der Waals surface area contributed by atoms with Crippen molar-refractivity contribution in [3.8, 4) is 11.5 Å². The molecule has 2 N–H and O–H groups in total. The third kappa shape index (κ3) is 2.65. The SMILES string of the molecule is COc1cccc(ON)c1.Cl. The topological polar surface area (TPSA) is 44.5 Å². The van der Waals surface area contributed by atoms with Gasteiger partial charge >= 0.3 is 0 Å². The van der Waals surface area contributed by atoms with Gasteiger partial charge in [-0.25, -0.2) is 0 Å². The van der Waals surface area contributed by atoms with Gasteiger partial charge < -0.3 is 9.57 Å². The van der Waals surface area contributed by atoms with Crippen LogP contribution in [0.15, 0.2) is 24.3 Å². The van der Waals surface area contributed by atoms with Gasteiger partial charge in [0.2, 0.25) is 0 Å². The van der Waals surface area contributed by atoms with E-state index in [1.54, 1.807) is 25.3 Å². The fraction of sp³-hybridized carbons (Fsp3) is 0.143. The lowest BCUT2D eigenvalue weighted by atomic mass is 10.3. The molecule has 0 spiro atoms. The second-order valence-electron chi connectivity index (χ2n) is 1.80. The summed E-state index contributed by atoms with van der Waals surface area (Å²) in [4.78, 5) is 4.48. The molecule has 0 heterocycles. The number of hydrogen-bond acceptors (Lipinski definition) is 3. The van der Waals surface area contributed by atoms with Gasteiger partial charge in [0.05, 0.1) is 7.11 Å². The van der Waals surface area contributed by atoms with Crippen LogP contribution < -0.4 is 15.5 Å². The Hall–Kier alpha value is -0.930. The molecule has 11 heavy (non-hydrogen) atoms. The van der Waals surface area contributed by atoms with Gasteiger partial charge in [0.15, 0.2) is 5.75 Å². The summed E-state index contributed by atoms with van der Waals surface area (Å²) in [5.41, 5.74) is 0. The van der Waals surface area contributed by atoms with Crippen molar-refractivity contribution in [2.24, 2.45) is 5.90 Å². The van der Waals surface area contributed by atoms with E-state index in [2.05, 4.69) is 4.84 Å². The molecule has 0 aliphatic carbocycles. The first-order valence-corrected chi connectivity index (χ1v) is 2.87. The zero-order valence-electron chi connectivity index (χ0n) is 6.11. The fourth-order valence-corrected chi connectivity index (χ4v) is 0.674. The number of methoxy groups -OCH3 is 1. The second kappa shape index (κ2) is 4.82. The van der Waals surface area contributed by atoms with Gasteiger partial charge in [-0.1, -0.05) is 6.07 Å². The minimum Gasteiger partial charge on any atom is -0.497 e. The molecule has 0 saturated carbocycles. The van der Waals surface area contributed by atoms with E-state index in [1.165, 1.54) is 0 Å². The van der Waals surface area contributed by atoms with Crippen molar-refractivity contribution in [1.82, 2.24) is 0 Å². The maximum atomic E-state index is 4.92. The van der Waals surface area contributed by atoms with Crippen LogP contribution in [0.3, 0.4) is 0 Å². The summed E-state index contributed by atoms with van der Waals surface area (Å²) in [6.07, 6.45) is 0. The lowest BCUT2D eigenvalue weighted by Gasteiger charge is -2.00. The van der Waals surface area contributed by atoms with E-state index in [9.17, 15) is 0 Å². The maximum Gasteiger partial charge on any atom is 0.150 e. The molecule has 0 aromatic heterocycles. The number of ether oxygens (including phenoxy) is 1. The van der Waals surface area contributed by atoms with Crippen molar-refractivity contribution >= 4 is 12.4 Å². The van der Waals surface area contributed by atoms with Gasteiger partial charge in [0.25, 0.3) is 0 Å². The van der Waals surface area contributed by atoms with Crippen LogP contribution in [-0.2, 0) is 0 Å². The molecule has 0 saturated heterocycles. The molecular formula is C7H10ClNO2. The van der Waals surface area contributed by atoms with Crippen LogP contribution in [0.2, 0.25) is 0 Å². The zero-order valence-corrected chi connectivity index (χ0v) is 6.93. The van der Waals surface area contributed by atoms with Crippen molar-refractivity contribution in [2.45, 2.75) is 0 Å². The normalized spacial score (nSPS) is 8.18. The highest BCUT2D eigenvalue weighted by molar-refractivity contribution is 5.85. The number of hydrogen-bond donors (Lipinski definition) is 1. The first-order valence-electron chi connectivity index (χ1n) is 2.87. The highest BCUT2D eigenvalue weighted by Crippen LogP contribution is 2.17. The molecule has 0 fully saturated rings. The van der Waals surface area contributed by atoms with Crippen LogP contribution in [0.4, 0.5) is 0 Å². The van der Waals surface area contributed by atoms with Gasteiger partial charge in [-0.3, -0.25) is 0 Å². The average Bonchev–Trinajstić information content (AvgIpc) is 2.05. The van der Waals surface area contributed by atoms with Crippen molar-refractivity contribution in [3.63, 3.8) is 0 Å². The molecule has 1 aromatic carbocycles. The van der Waals surface area contributed by atoms with E-state index in [4.69, 9.17) is 10.6 Å². The third-order valence-electron chi connectivity index (χ3n) is 1.18. The molecule has 0 aliphatic rings. The summed E-state index contributed by atoms with van der Waals surface area (Å²) in [5.74, 6) is 6.25. The minimum absolute atomic E-state index is 0. The van der Waals surface area contributed by atoms with Crippen LogP contribution in [0.25, 0.3) is 0 Å². The van der Waals surface area contributed by atoms with E-state index in [1.807, 2.05) is 6.07 Å². The molecule has 0 radical (unpaired) electrons. The largest absolute Gasteiger partial charge is 0.497 e. The van der Waals surface area contributed by atoms with Gasteiger partial charge in [0.1, 0.15) is 5.75 Å². The molecule has 1 rings (SSSR count). The average molecular weight is 176 g/mol. The molecule has 0 unspecified atom stereocenters. The molecule has 1 aromatic rings. The molecule has 4 heteroatoms. The molecule has 0 amide bonds. The standard InChI is InChI=1S/C7H9NO2.ClH/c1-9-6-3-2-4-7(5-6)10-8;/h2-5H,8H2,1H3;1H. The predicted molar refractivity (Wildman–Crippen MR) is 45.1 cm³/mol. The summed E-state index contributed by atoms with van der Waals surface area (Å²) in [6.45, 7) is 0. The predicted octanol–water partition coefficient (Wildman–Crippen LogP) is 1.37. The number of rotatable bonds is 2. The molecule has 0 atom stereocenters. The van der Waals surface area contributed by atoms with E-state index in [-0.39, 0.29) is 12.4 Å². The third-order valence-corrected chi connectivity index (χ3v) is 1.18. The quantitative estimate of drug-likeness (QED) is 0.691. The number of halogens is 1. The molecule has 0 aliphatic heterocycles. The highest BCUT2D eigenvalue weighted by atomic mass is 35.5. The molecule has 62 valence electrons. The lowest BCUT2D eigenvalue weighted by Crippen LogP contribution is -2.01. The van der Waals surface area contributed by atoms with Crippen LogP contribution in [0, 0.1) is 0 Å². The van der Waals surface area contributed by atoms with Crippen LogP contribution in [0.5, 0.6) is 11.5 Å². The molecule has 0 bridgehead atoms. The summed E-state index contributed by atoms with van der Waals surface area (Å²) < 4.78 is 4.92. The van der Waals surface area contributed by atoms with E-state index < -0.39 is 0 Å². The van der Waals surface area contributed by atoms with Crippen LogP contribution in [-0.4, -0.2) is 7.11 Å². The van der Waals surface area contributed by atoms with Crippen LogP contribution in [0.1, 0.15) is 0 Å². The Labute approximate surface area is 71.5 Å². The van der Waals surface area contributed by atoms with E-state index >= 15 is 0 Å². The first-order chi connectivity index (χ1) is 4.86.